The maximum absolute atomic E-state index is 12.5. The summed E-state index contributed by atoms with van der Waals surface area (Å²) in [5, 5.41) is 4.04. The number of carbonyl (C=O) groups excluding carboxylic acids is 1. The summed E-state index contributed by atoms with van der Waals surface area (Å²) < 4.78 is 11.7. The molecule has 1 aliphatic rings. The number of aliphatic imine (C=N–C) groups is 1. The Morgan fingerprint density at radius 3 is 2.61 bits per heavy atom. The Kier molecular flexibility index (Phi) is 7.37. The van der Waals surface area contributed by atoms with Crippen LogP contribution in [-0.4, -0.2) is 17.7 Å². The number of benzene rings is 3. The molecule has 4 rings (SSSR count). The van der Waals surface area contributed by atoms with Gasteiger partial charge in [-0.05, 0) is 79.2 Å². The highest BCUT2D eigenvalue weighted by atomic mass is 35.5. The Labute approximate surface area is 202 Å². The van der Waals surface area contributed by atoms with Crippen molar-refractivity contribution in [1.29, 1.82) is 0 Å². The number of rotatable bonds is 7. The van der Waals surface area contributed by atoms with E-state index in [-0.39, 0.29) is 5.91 Å². The summed E-state index contributed by atoms with van der Waals surface area (Å²) in [5.41, 5.74) is 3.76. The Balaban J connectivity index is 1.50. The van der Waals surface area contributed by atoms with E-state index in [1.807, 2.05) is 86.7 Å². The van der Waals surface area contributed by atoms with E-state index in [1.165, 1.54) is 11.8 Å². The van der Waals surface area contributed by atoms with Crippen LogP contribution in [0, 0.1) is 6.92 Å². The second-order valence-electron chi connectivity index (χ2n) is 7.38. The molecule has 1 N–H and O–H groups in total. The zero-order chi connectivity index (χ0) is 23.2. The van der Waals surface area contributed by atoms with Gasteiger partial charge in [0.25, 0.3) is 5.91 Å². The minimum atomic E-state index is -0.176. The Bertz CT molecular complexity index is 1220. The number of nitrogens with zero attached hydrogens (tertiary/aromatic N) is 1. The molecule has 7 heteroatoms. The molecule has 3 aromatic rings. The van der Waals surface area contributed by atoms with Crippen LogP contribution in [0.2, 0.25) is 5.02 Å². The summed E-state index contributed by atoms with van der Waals surface area (Å²) in [7, 11) is 0. The molecule has 5 nitrogen and oxygen atoms in total. The number of nitrogens with one attached hydrogen (secondary N) is 1. The predicted octanol–water partition coefficient (Wildman–Crippen LogP) is 6.52. The highest BCUT2D eigenvalue weighted by molar-refractivity contribution is 8.18. The Morgan fingerprint density at radius 1 is 1.03 bits per heavy atom. The average Bonchev–Trinajstić information content (AvgIpc) is 3.13. The van der Waals surface area contributed by atoms with Gasteiger partial charge in [0.1, 0.15) is 6.61 Å². The first-order valence-electron chi connectivity index (χ1n) is 10.5. The second-order valence-corrected chi connectivity index (χ2v) is 8.84. The van der Waals surface area contributed by atoms with Crippen molar-refractivity contribution in [3.8, 4) is 11.5 Å². The number of ether oxygens (including phenoxy) is 2. The van der Waals surface area contributed by atoms with Crippen LogP contribution in [0.3, 0.4) is 0 Å². The number of thioether (sulfide) groups is 1. The molecule has 1 saturated heterocycles. The van der Waals surface area contributed by atoms with Crippen LogP contribution < -0.4 is 14.8 Å². The Morgan fingerprint density at radius 2 is 1.85 bits per heavy atom. The number of hydrogen-bond acceptors (Lipinski definition) is 5. The van der Waals surface area contributed by atoms with Gasteiger partial charge >= 0.3 is 0 Å². The molecule has 0 bridgehead atoms. The maximum atomic E-state index is 12.5. The van der Waals surface area contributed by atoms with Gasteiger partial charge in [0, 0.05) is 5.02 Å². The predicted molar refractivity (Wildman–Crippen MR) is 135 cm³/mol. The first kappa shape index (κ1) is 23.0. The van der Waals surface area contributed by atoms with Crippen LogP contribution in [0.5, 0.6) is 11.5 Å². The summed E-state index contributed by atoms with van der Waals surface area (Å²) in [6.45, 7) is 4.81. The third-order valence-electron chi connectivity index (χ3n) is 4.76. The topological polar surface area (TPSA) is 59.9 Å². The second kappa shape index (κ2) is 10.6. The van der Waals surface area contributed by atoms with E-state index in [9.17, 15) is 4.79 Å². The molecular weight excluding hydrogens is 456 g/mol. The van der Waals surface area contributed by atoms with Gasteiger partial charge in [-0.2, -0.15) is 0 Å². The number of hydrogen-bond donors (Lipinski definition) is 1. The van der Waals surface area contributed by atoms with Crippen LogP contribution in [-0.2, 0) is 11.4 Å². The molecule has 0 saturated carbocycles. The molecular formula is C26H23ClN2O3S. The van der Waals surface area contributed by atoms with E-state index in [1.54, 1.807) is 0 Å². The fourth-order valence-electron chi connectivity index (χ4n) is 3.16. The summed E-state index contributed by atoms with van der Waals surface area (Å²) in [4.78, 5) is 17.5. The first-order chi connectivity index (χ1) is 16.0. The minimum absolute atomic E-state index is 0.176. The highest BCUT2D eigenvalue weighted by Gasteiger charge is 2.24. The number of amides is 1. The molecule has 1 aliphatic heterocycles. The fraction of sp³-hybridized carbons (Fsp3) is 0.154. The largest absolute Gasteiger partial charge is 0.490 e. The van der Waals surface area contributed by atoms with E-state index < -0.39 is 0 Å². The fourth-order valence-corrected chi connectivity index (χ4v) is 4.21. The molecule has 0 aromatic heterocycles. The van der Waals surface area contributed by atoms with E-state index in [2.05, 4.69) is 10.3 Å². The average molecular weight is 479 g/mol. The molecule has 0 spiro atoms. The summed E-state index contributed by atoms with van der Waals surface area (Å²) in [6.07, 6.45) is 1.82. The molecule has 33 heavy (non-hydrogen) atoms. The number of amidine groups is 1. The first-order valence-corrected chi connectivity index (χ1v) is 11.7. The van der Waals surface area contributed by atoms with Crippen molar-refractivity contribution in [2.75, 3.05) is 6.61 Å². The summed E-state index contributed by atoms with van der Waals surface area (Å²) in [5.74, 6) is 1.07. The van der Waals surface area contributed by atoms with Gasteiger partial charge in [-0.15, -0.1) is 0 Å². The van der Waals surface area contributed by atoms with Gasteiger partial charge in [-0.1, -0.05) is 47.5 Å². The van der Waals surface area contributed by atoms with Crippen LogP contribution in [0.25, 0.3) is 6.08 Å². The van der Waals surface area contributed by atoms with Gasteiger partial charge in [-0.3, -0.25) is 4.79 Å². The van der Waals surface area contributed by atoms with Crippen molar-refractivity contribution in [3.05, 3.63) is 93.3 Å². The molecule has 0 atom stereocenters. The van der Waals surface area contributed by atoms with Crippen LogP contribution in [0.4, 0.5) is 5.69 Å². The summed E-state index contributed by atoms with van der Waals surface area (Å²) >= 11 is 7.36. The third-order valence-corrected chi connectivity index (χ3v) is 5.91. The number of carbonyl (C=O) groups is 1. The van der Waals surface area contributed by atoms with Crippen molar-refractivity contribution >= 4 is 46.2 Å². The highest BCUT2D eigenvalue weighted by Crippen LogP contribution is 2.33. The number of aryl methyl sites for hydroxylation is 1. The van der Waals surface area contributed by atoms with Gasteiger partial charge < -0.3 is 14.8 Å². The Hall–Kier alpha value is -3.22. The molecule has 168 valence electrons. The normalized spacial score (nSPS) is 15.7. The van der Waals surface area contributed by atoms with Gasteiger partial charge in [0.2, 0.25) is 0 Å². The smallest absolute Gasteiger partial charge is 0.264 e. The molecule has 1 fully saturated rings. The van der Waals surface area contributed by atoms with Crippen molar-refractivity contribution in [3.63, 3.8) is 0 Å². The molecule has 1 amide bonds. The molecule has 0 aliphatic carbocycles. The van der Waals surface area contributed by atoms with Crippen LogP contribution >= 0.6 is 23.4 Å². The molecule has 3 aromatic carbocycles. The number of halogens is 1. The minimum Gasteiger partial charge on any atom is -0.490 e. The monoisotopic (exact) mass is 478 g/mol. The lowest BCUT2D eigenvalue weighted by molar-refractivity contribution is -0.115. The SMILES string of the molecule is CCOc1cc(/C=C2\SC(=Nc3ccc(C)cc3)NC2=O)ccc1OCc1cccc(Cl)c1. The van der Waals surface area contributed by atoms with Gasteiger partial charge in [0.05, 0.1) is 17.2 Å². The zero-order valence-electron chi connectivity index (χ0n) is 18.3. The lowest BCUT2D eigenvalue weighted by atomic mass is 10.2. The van der Waals surface area contributed by atoms with Crippen molar-refractivity contribution in [1.82, 2.24) is 5.32 Å². The van der Waals surface area contributed by atoms with Crippen LogP contribution in [0.15, 0.2) is 76.6 Å². The van der Waals surface area contributed by atoms with E-state index in [0.29, 0.717) is 39.8 Å². The van der Waals surface area contributed by atoms with E-state index in [4.69, 9.17) is 21.1 Å². The summed E-state index contributed by atoms with van der Waals surface area (Å²) in [6, 6.07) is 21.0. The lowest BCUT2D eigenvalue weighted by Gasteiger charge is -2.13. The third kappa shape index (κ3) is 6.18. The van der Waals surface area contributed by atoms with Crippen LogP contribution in [0.1, 0.15) is 23.6 Å². The lowest BCUT2D eigenvalue weighted by Crippen LogP contribution is -2.19. The maximum Gasteiger partial charge on any atom is 0.264 e. The molecule has 0 unspecified atom stereocenters. The van der Waals surface area contributed by atoms with Crippen molar-refractivity contribution < 1.29 is 14.3 Å². The van der Waals surface area contributed by atoms with Gasteiger partial charge in [0.15, 0.2) is 16.7 Å². The standard InChI is InChI=1S/C26H23ClN2O3S/c1-3-31-23-14-18(9-12-22(23)32-16-19-5-4-6-20(27)13-19)15-24-25(30)29-26(33-24)28-21-10-7-17(2)8-11-21/h4-15H,3,16H2,1-2H3,(H,28,29,30)/b24-15-. The van der Waals surface area contributed by atoms with E-state index in [0.717, 1.165) is 22.4 Å². The molecule has 1 heterocycles. The molecule has 0 radical (unpaired) electrons. The van der Waals surface area contributed by atoms with E-state index >= 15 is 0 Å². The van der Waals surface area contributed by atoms with Crippen molar-refractivity contribution in [2.24, 2.45) is 4.99 Å². The van der Waals surface area contributed by atoms with Crippen molar-refractivity contribution in [2.45, 2.75) is 20.5 Å². The zero-order valence-corrected chi connectivity index (χ0v) is 19.9. The quantitative estimate of drug-likeness (QED) is 0.393. The van der Waals surface area contributed by atoms with Gasteiger partial charge in [-0.25, -0.2) is 4.99 Å².